The summed E-state index contributed by atoms with van der Waals surface area (Å²) in [6, 6.07) is 13.9. The molecule has 0 aliphatic carbocycles. The molecule has 2 aliphatic rings. The molecule has 5 N–H and O–H groups in total. The zero-order valence-electron chi connectivity index (χ0n) is 18.4. The zero-order valence-corrected chi connectivity index (χ0v) is 18.4. The summed E-state index contributed by atoms with van der Waals surface area (Å²) in [6.45, 7) is 1.73. The number of benzene rings is 2. The number of aliphatic hydroxyl groups is 3. The summed E-state index contributed by atoms with van der Waals surface area (Å²) in [6.07, 6.45) is -5.61. The fourth-order valence-corrected chi connectivity index (χ4v) is 4.42. The molecule has 2 aromatic carbocycles. The van der Waals surface area contributed by atoms with Crippen LogP contribution >= 0.6 is 0 Å². The minimum absolute atomic E-state index is 0.381. The molecule has 2 aliphatic heterocycles. The lowest BCUT2D eigenvalue weighted by Gasteiger charge is -2.38. The van der Waals surface area contributed by atoms with Gasteiger partial charge in [0.05, 0.1) is 0 Å². The second-order valence-corrected chi connectivity index (χ2v) is 8.38. The Hall–Kier alpha value is -2.69. The van der Waals surface area contributed by atoms with Crippen LogP contribution in [0.25, 0.3) is 0 Å². The van der Waals surface area contributed by atoms with Gasteiger partial charge in [0, 0.05) is 17.9 Å². The minimum atomic E-state index is -1.76. The van der Waals surface area contributed by atoms with Gasteiger partial charge in [-0.3, -0.25) is 0 Å². The van der Waals surface area contributed by atoms with Gasteiger partial charge in [0.2, 0.25) is 6.29 Å². The molecule has 0 radical (unpaired) electrons. The van der Waals surface area contributed by atoms with Crippen LogP contribution in [0, 0.1) is 0 Å². The van der Waals surface area contributed by atoms with E-state index in [0.717, 1.165) is 43.6 Å². The van der Waals surface area contributed by atoms with E-state index < -0.39 is 36.7 Å². The maximum atomic E-state index is 11.4. The summed E-state index contributed by atoms with van der Waals surface area (Å²) in [5.41, 5.74) is 4.54. The molecule has 2 heterocycles. The van der Waals surface area contributed by atoms with E-state index in [4.69, 9.17) is 9.47 Å². The molecule has 0 spiro atoms. The molecular formula is C24H30N2O7. The molecule has 0 bridgehead atoms. The van der Waals surface area contributed by atoms with Gasteiger partial charge in [-0.1, -0.05) is 18.2 Å². The van der Waals surface area contributed by atoms with E-state index in [0.29, 0.717) is 5.75 Å². The van der Waals surface area contributed by atoms with E-state index in [-0.39, 0.29) is 0 Å². The average molecular weight is 459 g/mol. The normalized spacial score (nSPS) is 26.8. The van der Waals surface area contributed by atoms with E-state index in [1.54, 1.807) is 6.07 Å². The van der Waals surface area contributed by atoms with Crippen molar-refractivity contribution in [3.63, 3.8) is 0 Å². The average Bonchev–Trinajstić information content (AvgIpc) is 2.96. The Morgan fingerprint density at radius 1 is 1.06 bits per heavy atom. The number of aliphatic hydroxyl groups excluding tert-OH is 3. The first-order valence-electron chi connectivity index (χ1n) is 11.1. The highest BCUT2D eigenvalue weighted by Crippen LogP contribution is 2.38. The summed E-state index contributed by atoms with van der Waals surface area (Å²) in [7, 11) is 1.93. The Balaban J connectivity index is 1.59. The number of fused-ring (bicyclic) bond motifs is 2. The third-order valence-corrected chi connectivity index (χ3v) is 6.16. The third-order valence-electron chi connectivity index (χ3n) is 6.16. The molecule has 33 heavy (non-hydrogen) atoms. The topological polar surface area (TPSA) is 132 Å². The molecule has 5 unspecified atom stereocenters. The predicted molar refractivity (Wildman–Crippen MR) is 121 cm³/mol. The number of carbonyl (C=O) groups is 1. The number of nitrogens with zero attached hydrogens (tertiary/aromatic N) is 1. The van der Waals surface area contributed by atoms with Crippen LogP contribution in [0.4, 0.5) is 11.4 Å². The summed E-state index contributed by atoms with van der Waals surface area (Å²) >= 11 is 0. The van der Waals surface area contributed by atoms with Gasteiger partial charge in [-0.05, 0) is 68.2 Å². The van der Waals surface area contributed by atoms with Crippen LogP contribution < -0.4 is 15.0 Å². The van der Waals surface area contributed by atoms with Crippen LogP contribution in [0.5, 0.6) is 5.75 Å². The number of hydrogen-bond acceptors (Lipinski definition) is 8. The Bertz CT molecular complexity index is 985. The first-order valence-corrected chi connectivity index (χ1v) is 11.1. The molecule has 2 aromatic rings. The second kappa shape index (κ2) is 10.1. The van der Waals surface area contributed by atoms with E-state index in [2.05, 4.69) is 22.3 Å². The number of nitrogens with one attached hydrogen (secondary N) is 1. The van der Waals surface area contributed by atoms with Crippen molar-refractivity contribution in [2.75, 3.05) is 25.0 Å². The fourth-order valence-electron chi connectivity index (χ4n) is 4.42. The number of carboxylic acids is 1. The first-order chi connectivity index (χ1) is 15.9. The minimum Gasteiger partial charge on any atom is -0.479 e. The van der Waals surface area contributed by atoms with E-state index >= 15 is 0 Å². The maximum Gasteiger partial charge on any atom is 0.335 e. The fraction of sp³-hybridized carbons (Fsp3) is 0.458. The molecule has 0 amide bonds. The highest BCUT2D eigenvalue weighted by molar-refractivity contribution is 5.73. The molecule has 9 nitrogen and oxygen atoms in total. The largest absolute Gasteiger partial charge is 0.479 e. The second-order valence-electron chi connectivity index (χ2n) is 8.38. The summed E-state index contributed by atoms with van der Waals surface area (Å²) in [5.74, 6) is -1.06. The van der Waals surface area contributed by atoms with E-state index in [1.165, 1.54) is 11.3 Å². The molecule has 178 valence electrons. The highest BCUT2D eigenvalue weighted by atomic mass is 16.7. The van der Waals surface area contributed by atoms with Crippen molar-refractivity contribution in [2.45, 2.75) is 50.0 Å². The van der Waals surface area contributed by atoms with Gasteiger partial charge in [-0.25, -0.2) is 4.79 Å². The van der Waals surface area contributed by atoms with Crippen molar-refractivity contribution in [3.8, 4) is 5.75 Å². The molecule has 4 rings (SSSR count). The number of hydrogen-bond donors (Lipinski definition) is 5. The lowest BCUT2D eigenvalue weighted by atomic mass is 9.99. The van der Waals surface area contributed by atoms with E-state index in [9.17, 15) is 25.2 Å². The van der Waals surface area contributed by atoms with Crippen LogP contribution in [-0.4, -0.2) is 77.2 Å². The Morgan fingerprint density at radius 3 is 2.55 bits per heavy atom. The molecule has 1 saturated heterocycles. The van der Waals surface area contributed by atoms with Gasteiger partial charge in [0.25, 0.3) is 0 Å². The Morgan fingerprint density at radius 2 is 1.79 bits per heavy atom. The summed E-state index contributed by atoms with van der Waals surface area (Å²) in [5, 5.41) is 42.6. The van der Waals surface area contributed by atoms with E-state index in [1.807, 2.05) is 31.3 Å². The Kier molecular flexibility index (Phi) is 7.16. The zero-order chi connectivity index (χ0) is 23.5. The lowest BCUT2D eigenvalue weighted by Crippen LogP contribution is -2.61. The van der Waals surface area contributed by atoms with Gasteiger partial charge >= 0.3 is 5.97 Å². The maximum absolute atomic E-state index is 11.4. The van der Waals surface area contributed by atoms with Crippen molar-refractivity contribution in [3.05, 3.63) is 53.6 Å². The molecule has 5 atom stereocenters. The third kappa shape index (κ3) is 4.83. The molecule has 0 saturated carbocycles. The quantitative estimate of drug-likeness (QED) is 0.382. The monoisotopic (exact) mass is 458 g/mol. The summed E-state index contributed by atoms with van der Waals surface area (Å²) in [4.78, 5) is 13.7. The lowest BCUT2D eigenvalue weighted by molar-refractivity contribution is -0.271. The number of rotatable bonds is 7. The molecule has 0 aromatic heterocycles. The molecular weight excluding hydrogens is 428 g/mol. The standard InChI is InChI=1S/C24H30N2O7/c1-25-11-4-12-26-17-6-3-2-5-14(17)7-8-15-13-16(9-10-18(15)26)32-24-21(29)19(27)20(28)22(33-24)23(30)31/h2-3,5-6,9-10,13,19-22,24-25,27-29H,4,7-8,11-12H2,1H3,(H,30,31). The van der Waals surface area contributed by atoms with Crippen LogP contribution in [0.1, 0.15) is 17.5 Å². The molecule has 9 heteroatoms. The van der Waals surface area contributed by atoms with Crippen LogP contribution in [0.2, 0.25) is 0 Å². The van der Waals surface area contributed by atoms with Gasteiger partial charge in [0.1, 0.15) is 24.1 Å². The van der Waals surface area contributed by atoms with Crippen molar-refractivity contribution in [2.24, 2.45) is 0 Å². The number of ether oxygens (including phenoxy) is 2. The van der Waals surface area contributed by atoms with Crippen molar-refractivity contribution < 1.29 is 34.7 Å². The van der Waals surface area contributed by atoms with Gasteiger partial charge in [0.15, 0.2) is 6.10 Å². The number of aryl methyl sites for hydroxylation is 2. The number of carboxylic acid groups (broad SMARTS) is 1. The van der Waals surface area contributed by atoms with Gasteiger partial charge < -0.3 is 40.1 Å². The molecule has 1 fully saturated rings. The van der Waals surface area contributed by atoms with Gasteiger partial charge in [-0.2, -0.15) is 0 Å². The Labute approximate surface area is 192 Å². The summed E-state index contributed by atoms with van der Waals surface area (Å²) < 4.78 is 11.0. The predicted octanol–water partition coefficient (Wildman–Crippen LogP) is 0.804. The van der Waals surface area contributed by atoms with Crippen molar-refractivity contribution in [1.82, 2.24) is 5.32 Å². The smallest absolute Gasteiger partial charge is 0.335 e. The van der Waals surface area contributed by atoms with Crippen LogP contribution in [0.15, 0.2) is 42.5 Å². The number of aliphatic carboxylic acids is 1. The SMILES string of the molecule is CNCCCN1c2ccccc2CCc2cc(OC3OC(C(=O)O)C(O)C(O)C3O)ccc21. The van der Waals surface area contributed by atoms with Gasteiger partial charge in [-0.15, -0.1) is 0 Å². The first kappa shape index (κ1) is 23.5. The van der Waals surface area contributed by atoms with Crippen molar-refractivity contribution in [1.29, 1.82) is 0 Å². The number of para-hydroxylation sites is 1. The van der Waals surface area contributed by atoms with Crippen LogP contribution in [0.3, 0.4) is 0 Å². The van der Waals surface area contributed by atoms with Crippen molar-refractivity contribution >= 4 is 17.3 Å². The number of anilines is 2. The van der Waals surface area contributed by atoms with Crippen LogP contribution in [-0.2, 0) is 22.4 Å². The highest BCUT2D eigenvalue weighted by Gasteiger charge is 2.48.